The van der Waals surface area contributed by atoms with Gasteiger partial charge in [0.15, 0.2) is 0 Å². The van der Waals surface area contributed by atoms with E-state index in [4.69, 9.17) is 0 Å². The smallest absolute Gasteiger partial charge is 0.124 e. The zero-order valence-electron chi connectivity index (χ0n) is 10.5. The van der Waals surface area contributed by atoms with E-state index < -0.39 is 0 Å². The molecule has 2 aromatic rings. The standard InChI is InChI=1S/C15H14BrF2N/c1-2-19-15(10-3-5-11(17)6-4-10)13-8-7-12(18)9-14(13)16/h3-9,15,19H,2H2,1H3. The van der Waals surface area contributed by atoms with Gasteiger partial charge in [-0.2, -0.15) is 0 Å². The molecule has 100 valence electrons. The summed E-state index contributed by atoms with van der Waals surface area (Å²) in [4.78, 5) is 0. The van der Waals surface area contributed by atoms with Crippen LogP contribution in [0.4, 0.5) is 8.78 Å². The maximum Gasteiger partial charge on any atom is 0.124 e. The number of rotatable bonds is 4. The van der Waals surface area contributed by atoms with E-state index in [9.17, 15) is 8.78 Å². The molecule has 1 unspecified atom stereocenters. The molecule has 0 fully saturated rings. The first-order chi connectivity index (χ1) is 9.11. The number of benzene rings is 2. The molecule has 0 amide bonds. The molecule has 4 heteroatoms. The Bertz CT molecular complexity index is 555. The summed E-state index contributed by atoms with van der Waals surface area (Å²) in [5.74, 6) is -0.554. The van der Waals surface area contributed by atoms with E-state index >= 15 is 0 Å². The van der Waals surface area contributed by atoms with Crippen molar-refractivity contribution in [3.63, 3.8) is 0 Å². The van der Waals surface area contributed by atoms with Crippen molar-refractivity contribution < 1.29 is 8.78 Å². The quantitative estimate of drug-likeness (QED) is 0.877. The first kappa shape index (κ1) is 14.2. The van der Waals surface area contributed by atoms with Crippen LogP contribution >= 0.6 is 15.9 Å². The van der Waals surface area contributed by atoms with Crippen molar-refractivity contribution in [2.45, 2.75) is 13.0 Å². The molecule has 0 saturated carbocycles. The molecular weight excluding hydrogens is 312 g/mol. The van der Waals surface area contributed by atoms with Crippen LogP contribution in [0.25, 0.3) is 0 Å². The summed E-state index contributed by atoms with van der Waals surface area (Å²) in [5.41, 5.74) is 1.87. The van der Waals surface area contributed by atoms with Crippen LogP contribution in [0.2, 0.25) is 0 Å². The van der Waals surface area contributed by atoms with Crippen molar-refractivity contribution in [2.24, 2.45) is 0 Å². The molecule has 2 rings (SSSR count). The van der Waals surface area contributed by atoms with Crippen molar-refractivity contribution in [1.82, 2.24) is 5.32 Å². The monoisotopic (exact) mass is 325 g/mol. The van der Waals surface area contributed by atoms with Gasteiger partial charge in [-0.25, -0.2) is 8.78 Å². The summed E-state index contributed by atoms with van der Waals surface area (Å²) in [7, 11) is 0. The lowest BCUT2D eigenvalue weighted by Crippen LogP contribution is -2.22. The summed E-state index contributed by atoms with van der Waals surface area (Å²) in [6.45, 7) is 2.75. The second-order valence-corrected chi connectivity index (χ2v) is 5.06. The molecule has 0 aliphatic carbocycles. The topological polar surface area (TPSA) is 12.0 Å². The van der Waals surface area contributed by atoms with E-state index in [1.165, 1.54) is 24.3 Å². The molecule has 0 bridgehead atoms. The molecule has 2 aromatic carbocycles. The van der Waals surface area contributed by atoms with E-state index in [0.29, 0.717) is 4.47 Å². The Balaban J connectivity index is 2.41. The molecule has 0 aliphatic heterocycles. The van der Waals surface area contributed by atoms with Gasteiger partial charge in [-0.1, -0.05) is 41.1 Å². The highest BCUT2D eigenvalue weighted by Crippen LogP contribution is 2.29. The number of hydrogen-bond acceptors (Lipinski definition) is 1. The minimum absolute atomic E-state index is 0.0967. The lowest BCUT2D eigenvalue weighted by Gasteiger charge is -2.20. The molecule has 0 radical (unpaired) electrons. The van der Waals surface area contributed by atoms with Gasteiger partial charge >= 0.3 is 0 Å². The Morgan fingerprint density at radius 3 is 2.26 bits per heavy atom. The summed E-state index contributed by atoms with van der Waals surface area (Å²) in [5, 5.41) is 3.32. The second-order valence-electron chi connectivity index (χ2n) is 4.21. The summed E-state index contributed by atoms with van der Waals surface area (Å²) >= 11 is 3.38. The number of halogens is 3. The van der Waals surface area contributed by atoms with Crippen LogP contribution in [0.1, 0.15) is 24.1 Å². The SMILES string of the molecule is CCNC(c1ccc(F)cc1)c1ccc(F)cc1Br. The van der Waals surface area contributed by atoms with Crippen LogP contribution in [0, 0.1) is 11.6 Å². The molecule has 1 atom stereocenters. The van der Waals surface area contributed by atoms with E-state index in [-0.39, 0.29) is 17.7 Å². The van der Waals surface area contributed by atoms with E-state index in [0.717, 1.165) is 17.7 Å². The molecule has 0 aromatic heterocycles. The maximum atomic E-state index is 13.2. The Morgan fingerprint density at radius 2 is 1.68 bits per heavy atom. The van der Waals surface area contributed by atoms with Gasteiger partial charge in [0, 0.05) is 4.47 Å². The van der Waals surface area contributed by atoms with E-state index in [2.05, 4.69) is 21.2 Å². The average molecular weight is 326 g/mol. The lowest BCUT2D eigenvalue weighted by molar-refractivity contribution is 0.605. The van der Waals surface area contributed by atoms with Crippen molar-refractivity contribution in [1.29, 1.82) is 0 Å². The lowest BCUT2D eigenvalue weighted by atomic mass is 9.98. The van der Waals surface area contributed by atoms with Gasteiger partial charge in [-0.05, 0) is 41.9 Å². The van der Waals surface area contributed by atoms with Crippen LogP contribution in [0.5, 0.6) is 0 Å². The Kier molecular flexibility index (Phi) is 4.66. The highest BCUT2D eigenvalue weighted by Gasteiger charge is 2.16. The van der Waals surface area contributed by atoms with Gasteiger partial charge in [0.25, 0.3) is 0 Å². The summed E-state index contributed by atoms with van der Waals surface area (Å²) in [6, 6.07) is 10.8. The van der Waals surface area contributed by atoms with Crippen molar-refractivity contribution in [3.8, 4) is 0 Å². The fourth-order valence-electron chi connectivity index (χ4n) is 2.00. The predicted octanol–water partition coefficient (Wildman–Crippen LogP) is 4.43. The largest absolute Gasteiger partial charge is 0.306 e. The van der Waals surface area contributed by atoms with Gasteiger partial charge in [-0.15, -0.1) is 0 Å². The fourth-order valence-corrected chi connectivity index (χ4v) is 2.58. The third-order valence-electron chi connectivity index (χ3n) is 2.89. The van der Waals surface area contributed by atoms with E-state index in [1.54, 1.807) is 18.2 Å². The minimum Gasteiger partial charge on any atom is -0.306 e. The van der Waals surface area contributed by atoms with Gasteiger partial charge in [0.1, 0.15) is 11.6 Å². The van der Waals surface area contributed by atoms with Crippen molar-refractivity contribution in [3.05, 3.63) is 69.7 Å². The number of hydrogen-bond donors (Lipinski definition) is 1. The zero-order chi connectivity index (χ0) is 13.8. The molecule has 0 aliphatic rings. The Hall–Kier alpha value is -1.26. The van der Waals surface area contributed by atoms with E-state index in [1.807, 2.05) is 6.92 Å². The highest BCUT2D eigenvalue weighted by molar-refractivity contribution is 9.10. The van der Waals surface area contributed by atoms with Crippen LogP contribution in [-0.4, -0.2) is 6.54 Å². The summed E-state index contributed by atoms with van der Waals surface area (Å²) < 4.78 is 26.8. The highest BCUT2D eigenvalue weighted by atomic mass is 79.9. The minimum atomic E-state index is -0.287. The Morgan fingerprint density at radius 1 is 1.05 bits per heavy atom. The third-order valence-corrected chi connectivity index (χ3v) is 3.57. The normalized spacial score (nSPS) is 12.4. The molecule has 1 N–H and O–H groups in total. The second kappa shape index (κ2) is 6.26. The molecule has 19 heavy (non-hydrogen) atoms. The van der Waals surface area contributed by atoms with Crippen molar-refractivity contribution >= 4 is 15.9 Å². The maximum absolute atomic E-state index is 13.2. The first-order valence-corrected chi connectivity index (χ1v) is 6.85. The fraction of sp³-hybridized carbons (Fsp3) is 0.200. The number of nitrogens with one attached hydrogen (secondary N) is 1. The van der Waals surface area contributed by atoms with Crippen LogP contribution in [-0.2, 0) is 0 Å². The van der Waals surface area contributed by atoms with Crippen LogP contribution in [0.15, 0.2) is 46.9 Å². The average Bonchev–Trinajstić information content (AvgIpc) is 2.38. The van der Waals surface area contributed by atoms with Crippen molar-refractivity contribution in [2.75, 3.05) is 6.54 Å². The van der Waals surface area contributed by atoms with Crippen LogP contribution < -0.4 is 5.32 Å². The van der Waals surface area contributed by atoms with Crippen LogP contribution in [0.3, 0.4) is 0 Å². The first-order valence-electron chi connectivity index (χ1n) is 6.05. The van der Waals surface area contributed by atoms with Gasteiger partial charge in [-0.3, -0.25) is 0 Å². The molecule has 1 nitrogen and oxygen atoms in total. The zero-order valence-corrected chi connectivity index (χ0v) is 12.0. The molecule has 0 saturated heterocycles. The predicted molar refractivity (Wildman–Crippen MR) is 76.0 cm³/mol. The van der Waals surface area contributed by atoms with Gasteiger partial charge in [0.2, 0.25) is 0 Å². The Labute approximate surface area is 119 Å². The van der Waals surface area contributed by atoms with Gasteiger partial charge in [0.05, 0.1) is 6.04 Å². The third kappa shape index (κ3) is 3.39. The molecule has 0 heterocycles. The molecular formula is C15H14BrF2N. The van der Waals surface area contributed by atoms with Gasteiger partial charge < -0.3 is 5.32 Å². The molecule has 0 spiro atoms. The summed E-state index contributed by atoms with van der Waals surface area (Å²) in [6.07, 6.45) is 0.